The Morgan fingerprint density at radius 2 is 2.25 bits per heavy atom. The highest BCUT2D eigenvalue weighted by Gasteiger charge is 2.43. The van der Waals surface area contributed by atoms with Crippen LogP contribution in [0, 0.1) is 11.8 Å². The first-order valence-electron chi connectivity index (χ1n) is 4.68. The van der Waals surface area contributed by atoms with Gasteiger partial charge in [-0.1, -0.05) is 19.1 Å². The molecule has 0 aromatic carbocycles. The van der Waals surface area contributed by atoms with E-state index >= 15 is 0 Å². The summed E-state index contributed by atoms with van der Waals surface area (Å²) in [5, 5.41) is 0. The highest BCUT2D eigenvalue weighted by Crippen LogP contribution is 2.37. The van der Waals surface area contributed by atoms with E-state index in [-0.39, 0.29) is 18.0 Å². The van der Waals surface area contributed by atoms with Crippen LogP contribution in [0.1, 0.15) is 26.2 Å². The molecular weight excluding hydrogens is 152 g/mol. The second-order valence-corrected chi connectivity index (χ2v) is 3.60. The van der Waals surface area contributed by atoms with Crippen molar-refractivity contribution in [3.8, 4) is 0 Å². The van der Waals surface area contributed by atoms with Gasteiger partial charge in [-0.3, -0.25) is 4.79 Å². The van der Waals surface area contributed by atoms with Gasteiger partial charge in [-0.25, -0.2) is 0 Å². The lowest BCUT2D eigenvalue weighted by Crippen LogP contribution is -2.21. The number of ether oxygens (including phenoxy) is 1. The SMILES string of the molecule is CC[C@H]1OC(=O)[C@H]2CC=CC[C@H]21. The Morgan fingerprint density at radius 1 is 1.50 bits per heavy atom. The quantitative estimate of drug-likeness (QED) is 0.439. The van der Waals surface area contributed by atoms with E-state index < -0.39 is 0 Å². The number of hydrogen-bond donors (Lipinski definition) is 0. The lowest BCUT2D eigenvalue weighted by Gasteiger charge is -2.20. The predicted octanol–water partition coefficient (Wildman–Crippen LogP) is 1.90. The Labute approximate surface area is 72.6 Å². The molecule has 66 valence electrons. The maximum absolute atomic E-state index is 11.3. The molecule has 0 amide bonds. The molecule has 0 radical (unpaired) electrons. The molecule has 2 rings (SSSR count). The second kappa shape index (κ2) is 2.92. The highest BCUT2D eigenvalue weighted by molar-refractivity contribution is 5.75. The van der Waals surface area contributed by atoms with E-state index in [9.17, 15) is 4.79 Å². The fourth-order valence-corrected chi connectivity index (χ4v) is 2.23. The van der Waals surface area contributed by atoms with Crippen molar-refractivity contribution in [3.63, 3.8) is 0 Å². The fourth-order valence-electron chi connectivity index (χ4n) is 2.23. The number of allylic oxidation sites excluding steroid dienone is 2. The minimum Gasteiger partial charge on any atom is -0.462 e. The van der Waals surface area contributed by atoms with Crippen molar-refractivity contribution in [1.82, 2.24) is 0 Å². The first-order chi connectivity index (χ1) is 5.83. The lowest BCUT2D eigenvalue weighted by molar-refractivity contribution is -0.144. The van der Waals surface area contributed by atoms with Crippen LogP contribution in [0.25, 0.3) is 0 Å². The highest BCUT2D eigenvalue weighted by atomic mass is 16.6. The molecule has 2 aliphatic rings. The predicted molar refractivity (Wildman–Crippen MR) is 45.5 cm³/mol. The first kappa shape index (κ1) is 7.84. The van der Waals surface area contributed by atoms with Crippen LogP contribution in [0.4, 0.5) is 0 Å². The van der Waals surface area contributed by atoms with Gasteiger partial charge in [-0.05, 0) is 19.3 Å². The van der Waals surface area contributed by atoms with Gasteiger partial charge in [0.2, 0.25) is 0 Å². The number of carbonyl (C=O) groups excluding carboxylic acids is 1. The molecule has 3 atom stereocenters. The van der Waals surface area contributed by atoms with Crippen LogP contribution < -0.4 is 0 Å². The molecule has 1 fully saturated rings. The van der Waals surface area contributed by atoms with Gasteiger partial charge in [0.1, 0.15) is 6.10 Å². The lowest BCUT2D eigenvalue weighted by atomic mass is 9.81. The third-order valence-corrected chi connectivity index (χ3v) is 2.93. The molecule has 1 aliphatic carbocycles. The maximum atomic E-state index is 11.3. The van der Waals surface area contributed by atoms with Crippen LogP contribution in [-0.4, -0.2) is 12.1 Å². The van der Waals surface area contributed by atoms with Crippen molar-refractivity contribution in [3.05, 3.63) is 12.2 Å². The van der Waals surface area contributed by atoms with E-state index in [4.69, 9.17) is 4.74 Å². The third-order valence-electron chi connectivity index (χ3n) is 2.93. The monoisotopic (exact) mass is 166 g/mol. The Hall–Kier alpha value is -0.790. The molecule has 0 aromatic rings. The van der Waals surface area contributed by atoms with Crippen LogP contribution in [-0.2, 0) is 9.53 Å². The largest absolute Gasteiger partial charge is 0.462 e. The minimum absolute atomic E-state index is 0.0243. The number of hydrogen-bond acceptors (Lipinski definition) is 2. The average Bonchev–Trinajstić information content (AvgIpc) is 2.44. The molecule has 1 saturated heterocycles. The van der Waals surface area contributed by atoms with Crippen molar-refractivity contribution in [2.75, 3.05) is 0 Å². The number of fused-ring (bicyclic) bond motifs is 1. The summed E-state index contributed by atoms with van der Waals surface area (Å²) < 4.78 is 5.28. The van der Waals surface area contributed by atoms with E-state index in [1.165, 1.54) is 0 Å². The standard InChI is InChI=1S/C10H14O2/c1-2-9-7-5-3-4-6-8(7)10(11)12-9/h3-4,7-9H,2,5-6H2,1H3/t7-,8+,9-/m1/s1. The van der Waals surface area contributed by atoms with Crippen LogP contribution in [0.5, 0.6) is 0 Å². The van der Waals surface area contributed by atoms with Gasteiger partial charge in [0.15, 0.2) is 0 Å². The van der Waals surface area contributed by atoms with Gasteiger partial charge < -0.3 is 4.74 Å². The summed E-state index contributed by atoms with van der Waals surface area (Å²) in [5.74, 6) is 0.656. The van der Waals surface area contributed by atoms with Gasteiger partial charge in [0, 0.05) is 5.92 Å². The molecule has 12 heavy (non-hydrogen) atoms. The van der Waals surface area contributed by atoms with E-state index in [1.807, 2.05) is 0 Å². The van der Waals surface area contributed by atoms with Crippen LogP contribution in [0.15, 0.2) is 12.2 Å². The summed E-state index contributed by atoms with van der Waals surface area (Å²) in [4.78, 5) is 11.3. The second-order valence-electron chi connectivity index (χ2n) is 3.60. The van der Waals surface area contributed by atoms with E-state index in [1.54, 1.807) is 0 Å². The summed E-state index contributed by atoms with van der Waals surface area (Å²) in [7, 11) is 0. The third kappa shape index (κ3) is 1.06. The van der Waals surface area contributed by atoms with E-state index in [2.05, 4.69) is 19.1 Å². The molecule has 0 spiro atoms. The number of carbonyl (C=O) groups is 1. The molecule has 1 aliphatic heterocycles. The minimum atomic E-state index is 0.0243. The van der Waals surface area contributed by atoms with Gasteiger partial charge >= 0.3 is 5.97 Å². The van der Waals surface area contributed by atoms with Crippen molar-refractivity contribution >= 4 is 5.97 Å². The molecule has 0 saturated carbocycles. The summed E-state index contributed by atoms with van der Waals surface area (Å²) in [6, 6.07) is 0. The van der Waals surface area contributed by atoms with Gasteiger partial charge in [0.05, 0.1) is 5.92 Å². The molecule has 2 heteroatoms. The summed E-state index contributed by atoms with van der Waals surface area (Å²) in [5.41, 5.74) is 0. The van der Waals surface area contributed by atoms with E-state index in [0.717, 1.165) is 19.3 Å². The molecule has 0 unspecified atom stereocenters. The number of esters is 1. The molecule has 0 bridgehead atoms. The maximum Gasteiger partial charge on any atom is 0.309 e. The Morgan fingerprint density at radius 3 is 3.00 bits per heavy atom. The molecular formula is C10H14O2. The average molecular weight is 166 g/mol. The molecule has 0 aromatic heterocycles. The smallest absolute Gasteiger partial charge is 0.309 e. The van der Waals surface area contributed by atoms with Crippen molar-refractivity contribution in [1.29, 1.82) is 0 Å². The van der Waals surface area contributed by atoms with Crippen molar-refractivity contribution < 1.29 is 9.53 Å². The van der Waals surface area contributed by atoms with Gasteiger partial charge in [-0.15, -0.1) is 0 Å². The molecule has 0 N–H and O–H groups in total. The molecule has 2 nitrogen and oxygen atoms in total. The zero-order valence-electron chi connectivity index (χ0n) is 7.32. The van der Waals surface area contributed by atoms with Gasteiger partial charge in [-0.2, -0.15) is 0 Å². The Balaban J connectivity index is 2.17. The van der Waals surface area contributed by atoms with E-state index in [0.29, 0.717) is 5.92 Å². The van der Waals surface area contributed by atoms with Crippen LogP contribution in [0.2, 0.25) is 0 Å². The summed E-state index contributed by atoms with van der Waals surface area (Å²) >= 11 is 0. The zero-order valence-corrected chi connectivity index (χ0v) is 7.32. The van der Waals surface area contributed by atoms with Crippen molar-refractivity contribution in [2.24, 2.45) is 11.8 Å². The molecule has 1 heterocycles. The van der Waals surface area contributed by atoms with Crippen LogP contribution >= 0.6 is 0 Å². The summed E-state index contributed by atoms with van der Waals surface area (Å²) in [6.45, 7) is 2.08. The normalized spacial score (nSPS) is 39.4. The zero-order chi connectivity index (χ0) is 8.55. The number of rotatable bonds is 1. The summed E-state index contributed by atoms with van der Waals surface area (Å²) in [6.07, 6.45) is 7.33. The fraction of sp³-hybridized carbons (Fsp3) is 0.700. The first-order valence-corrected chi connectivity index (χ1v) is 4.68. The topological polar surface area (TPSA) is 26.3 Å². The number of cyclic esters (lactones) is 1. The van der Waals surface area contributed by atoms with Gasteiger partial charge in [0.25, 0.3) is 0 Å². The Kier molecular flexibility index (Phi) is 1.91. The van der Waals surface area contributed by atoms with Crippen molar-refractivity contribution in [2.45, 2.75) is 32.3 Å². The van der Waals surface area contributed by atoms with Crippen LogP contribution in [0.3, 0.4) is 0 Å². The Bertz CT molecular complexity index is 220.